The van der Waals surface area contributed by atoms with Gasteiger partial charge in [0, 0.05) is 19.0 Å². The number of H-pyrrole nitrogens is 1. The van der Waals surface area contributed by atoms with Crippen LogP contribution in [0.1, 0.15) is 35.7 Å². The summed E-state index contributed by atoms with van der Waals surface area (Å²) in [6.07, 6.45) is -1.63. The molecule has 1 aliphatic rings. The van der Waals surface area contributed by atoms with E-state index in [0.717, 1.165) is 18.9 Å². The standard InChI is InChI=1S/C16H17F3N4O/c17-16(18,19)13-6-2-1-4-11(13)8-14(24)23-7-3-5-12(9-23)15-20-10-21-22-15/h1-2,4,6,10,12H,3,5,7-9H2,(H,20,21,22)/t12-/m1/s1. The molecule has 0 aliphatic carbocycles. The van der Waals surface area contributed by atoms with Gasteiger partial charge in [-0.1, -0.05) is 18.2 Å². The Morgan fingerprint density at radius 3 is 2.83 bits per heavy atom. The molecule has 1 N–H and O–H groups in total. The number of aromatic nitrogens is 3. The second-order valence-electron chi connectivity index (χ2n) is 5.88. The van der Waals surface area contributed by atoms with E-state index in [1.165, 1.54) is 24.5 Å². The van der Waals surface area contributed by atoms with Gasteiger partial charge in [-0.15, -0.1) is 0 Å². The van der Waals surface area contributed by atoms with Crippen molar-refractivity contribution in [3.63, 3.8) is 0 Å². The van der Waals surface area contributed by atoms with Gasteiger partial charge in [0.15, 0.2) is 0 Å². The molecule has 128 valence electrons. The Kier molecular flexibility index (Phi) is 4.55. The zero-order valence-electron chi connectivity index (χ0n) is 12.9. The van der Waals surface area contributed by atoms with Crippen LogP contribution in [0.15, 0.2) is 30.6 Å². The molecule has 0 radical (unpaired) electrons. The third kappa shape index (κ3) is 3.58. The van der Waals surface area contributed by atoms with Crippen LogP contribution in [0.5, 0.6) is 0 Å². The molecule has 5 nitrogen and oxygen atoms in total. The van der Waals surface area contributed by atoms with Crippen LogP contribution < -0.4 is 0 Å². The minimum atomic E-state index is -4.46. The Morgan fingerprint density at radius 1 is 1.33 bits per heavy atom. The molecule has 0 spiro atoms. The molecule has 0 saturated carbocycles. The highest BCUT2D eigenvalue weighted by Crippen LogP contribution is 2.32. The lowest BCUT2D eigenvalue weighted by Crippen LogP contribution is -2.40. The Morgan fingerprint density at radius 2 is 2.12 bits per heavy atom. The van der Waals surface area contributed by atoms with Crippen LogP contribution in [0.4, 0.5) is 13.2 Å². The van der Waals surface area contributed by atoms with Crippen LogP contribution in [0, 0.1) is 0 Å². The molecule has 1 fully saturated rings. The maximum absolute atomic E-state index is 13.0. The van der Waals surface area contributed by atoms with Crippen LogP contribution >= 0.6 is 0 Å². The largest absolute Gasteiger partial charge is 0.416 e. The Balaban J connectivity index is 1.71. The van der Waals surface area contributed by atoms with Crippen molar-refractivity contribution in [1.29, 1.82) is 0 Å². The number of hydrogen-bond acceptors (Lipinski definition) is 3. The molecule has 1 aromatic carbocycles. The first-order chi connectivity index (χ1) is 11.4. The van der Waals surface area contributed by atoms with Crippen molar-refractivity contribution in [3.8, 4) is 0 Å². The lowest BCUT2D eigenvalue weighted by Gasteiger charge is -2.32. The number of carbonyl (C=O) groups is 1. The van der Waals surface area contributed by atoms with Gasteiger partial charge >= 0.3 is 6.18 Å². The third-order valence-electron chi connectivity index (χ3n) is 4.26. The summed E-state index contributed by atoms with van der Waals surface area (Å²) in [6.45, 7) is 1.000. The van der Waals surface area contributed by atoms with Gasteiger partial charge in [-0.2, -0.15) is 18.3 Å². The van der Waals surface area contributed by atoms with Gasteiger partial charge in [0.25, 0.3) is 0 Å². The summed E-state index contributed by atoms with van der Waals surface area (Å²) >= 11 is 0. The van der Waals surface area contributed by atoms with Crippen molar-refractivity contribution in [2.75, 3.05) is 13.1 Å². The van der Waals surface area contributed by atoms with Crippen LogP contribution in [-0.4, -0.2) is 39.1 Å². The quantitative estimate of drug-likeness (QED) is 0.936. The lowest BCUT2D eigenvalue weighted by atomic mass is 9.96. The molecule has 8 heteroatoms. The summed E-state index contributed by atoms with van der Waals surface area (Å²) in [5.74, 6) is 0.460. The van der Waals surface area contributed by atoms with E-state index < -0.39 is 11.7 Å². The van der Waals surface area contributed by atoms with Crippen LogP contribution in [0.25, 0.3) is 0 Å². The van der Waals surface area contributed by atoms with Gasteiger partial charge in [-0.25, -0.2) is 4.98 Å². The normalized spacial score (nSPS) is 18.6. The fraction of sp³-hybridized carbons (Fsp3) is 0.438. The number of rotatable bonds is 3. The van der Waals surface area contributed by atoms with Gasteiger partial charge in [0.05, 0.1) is 12.0 Å². The van der Waals surface area contributed by atoms with Crippen molar-refractivity contribution in [3.05, 3.63) is 47.5 Å². The number of amides is 1. The number of piperidine rings is 1. The molecule has 1 amide bonds. The SMILES string of the molecule is O=C(Cc1ccccc1C(F)(F)F)N1CCC[C@@H](c2ncn[nH]2)C1. The second-order valence-corrected chi connectivity index (χ2v) is 5.88. The first-order valence-electron chi connectivity index (χ1n) is 7.73. The Labute approximate surface area is 136 Å². The molecule has 3 rings (SSSR count). The highest BCUT2D eigenvalue weighted by atomic mass is 19.4. The van der Waals surface area contributed by atoms with E-state index in [9.17, 15) is 18.0 Å². The van der Waals surface area contributed by atoms with Gasteiger partial charge in [0.2, 0.25) is 5.91 Å². The smallest absolute Gasteiger partial charge is 0.342 e. The molecule has 1 saturated heterocycles. The summed E-state index contributed by atoms with van der Waals surface area (Å²) in [6, 6.07) is 5.22. The summed E-state index contributed by atoms with van der Waals surface area (Å²) in [7, 11) is 0. The highest BCUT2D eigenvalue weighted by Gasteiger charge is 2.34. The number of carbonyl (C=O) groups excluding carboxylic acids is 1. The molecule has 1 aliphatic heterocycles. The fourth-order valence-corrected chi connectivity index (χ4v) is 3.06. The van der Waals surface area contributed by atoms with E-state index in [1.807, 2.05) is 0 Å². The molecule has 0 unspecified atom stereocenters. The van der Waals surface area contributed by atoms with E-state index >= 15 is 0 Å². The molecule has 1 aromatic heterocycles. The topological polar surface area (TPSA) is 61.9 Å². The number of hydrogen-bond donors (Lipinski definition) is 1. The zero-order valence-corrected chi connectivity index (χ0v) is 12.9. The van der Waals surface area contributed by atoms with E-state index in [2.05, 4.69) is 15.2 Å². The van der Waals surface area contributed by atoms with E-state index in [4.69, 9.17) is 0 Å². The molecule has 0 bridgehead atoms. The molecule has 2 aromatic rings. The number of alkyl halides is 3. The van der Waals surface area contributed by atoms with Crippen molar-refractivity contribution < 1.29 is 18.0 Å². The van der Waals surface area contributed by atoms with Gasteiger partial charge in [-0.3, -0.25) is 9.89 Å². The van der Waals surface area contributed by atoms with Crippen molar-refractivity contribution >= 4 is 5.91 Å². The summed E-state index contributed by atoms with van der Waals surface area (Å²) in [4.78, 5) is 18.2. The molecular weight excluding hydrogens is 321 g/mol. The number of nitrogens with one attached hydrogen (secondary N) is 1. The minimum absolute atomic E-state index is 0.0109. The number of halogens is 3. The number of likely N-dealkylation sites (tertiary alicyclic amines) is 1. The zero-order chi connectivity index (χ0) is 17.2. The molecule has 1 atom stereocenters. The minimum Gasteiger partial charge on any atom is -0.342 e. The monoisotopic (exact) mass is 338 g/mol. The number of benzene rings is 1. The van der Waals surface area contributed by atoms with Gasteiger partial charge in [-0.05, 0) is 24.5 Å². The predicted octanol–water partition coefficient (Wildman–Crippen LogP) is 2.77. The lowest BCUT2D eigenvalue weighted by molar-refractivity contribution is -0.138. The van der Waals surface area contributed by atoms with Crippen LogP contribution in [-0.2, 0) is 17.4 Å². The summed E-state index contributed by atoms with van der Waals surface area (Å²) in [5, 5.41) is 6.61. The second kappa shape index (κ2) is 6.62. The average Bonchev–Trinajstić information content (AvgIpc) is 3.09. The maximum Gasteiger partial charge on any atom is 0.416 e. The fourth-order valence-electron chi connectivity index (χ4n) is 3.06. The van der Waals surface area contributed by atoms with Gasteiger partial charge < -0.3 is 4.90 Å². The van der Waals surface area contributed by atoms with E-state index in [0.29, 0.717) is 18.9 Å². The molecule has 24 heavy (non-hydrogen) atoms. The maximum atomic E-state index is 13.0. The first kappa shape index (κ1) is 16.5. The van der Waals surface area contributed by atoms with Crippen molar-refractivity contribution in [1.82, 2.24) is 20.1 Å². The van der Waals surface area contributed by atoms with Crippen LogP contribution in [0.2, 0.25) is 0 Å². The first-order valence-corrected chi connectivity index (χ1v) is 7.73. The number of aromatic amines is 1. The predicted molar refractivity (Wildman–Crippen MR) is 80.1 cm³/mol. The summed E-state index contributed by atoms with van der Waals surface area (Å²) < 4.78 is 39.1. The Bertz CT molecular complexity index is 700. The van der Waals surface area contributed by atoms with E-state index in [1.54, 1.807) is 4.90 Å². The third-order valence-corrected chi connectivity index (χ3v) is 4.26. The Hall–Kier alpha value is -2.38. The summed E-state index contributed by atoms with van der Waals surface area (Å²) in [5.41, 5.74) is -0.737. The number of nitrogens with zero attached hydrogens (tertiary/aromatic N) is 3. The van der Waals surface area contributed by atoms with E-state index in [-0.39, 0.29) is 23.8 Å². The van der Waals surface area contributed by atoms with Crippen LogP contribution in [0.3, 0.4) is 0 Å². The van der Waals surface area contributed by atoms with Gasteiger partial charge in [0.1, 0.15) is 12.2 Å². The van der Waals surface area contributed by atoms with Crippen molar-refractivity contribution in [2.45, 2.75) is 31.4 Å². The van der Waals surface area contributed by atoms with Crippen molar-refractivity contribution in [2.24, 2.45) is 0 Å². The highest BCUT2D eigenvalue weighted by molar-refractivity contribution is 5.79. The molecule has 2 heterocycles. The average molecular weight is 338 g/mol. The molecular formula is C16H17F3N4O.